The number of nitro benzene ring substituents is 2. The van der Waals surface area contributed by atoms with Crippen LogP contribution in [-0.2, 0) is 0 Å². The van der Waals surface area contributed by atoms with Gasteiger partial charge < -0.3 is 5.73 Å². The summed E-state index contributed by atoms with van der Waals surface area (Å²) in [4.78, 5) is 21.0. The monoisotopic (exact) mass is 437 g/mol. The van der Waals surface area contributed by atoms with Crippen LogP contribution in [0.25, 0.3) is 6.08 Å². The quantitative estimate of drug-likeness (QED) is 0.428. The number of thiocarbonyl (C=S) groups is 1. The Bertz CT molecular complexity index is 1110. The van der Waals surface area contributed by atoms with Gasteiger partial charge >= 0.3 is 0 Å². The fourth-order valence-corrected chi connectivity index (χ4v) is 4.36. The molecule has 1 aliphatic heterocycles. The van der Waals surface area contributed by atoms with Crippen LogP contribution >= 0.6 is 12.2 Å². The smallest absolute Gasteiger partial charge is 0.269 e. The Hall–Kier alpha value is -3.66. The molecule has 158 valence electrons. The number of benzene rings is 2. The van der Waals surface area contributed by atoms with Gasteiger partial charge in [0.1, 0.15) is 0 Å². The molecule has 0 saturated heterocycles. The molecule has 10 heteroatoms. The van der Waals surface area contributed by atoms with E-state index in [0.29, 0.717) is 0 Å². The second-order valence-electron chi connectivity index (χ2n) is 7.48. The normalized spacial score (nSPS) is 21.5. The Balaban J connectivity index is 1.68. The van der Waals surface area contributed by atoms with Crippen molar-refractivity contribution in [1.29, 1.82) is 0 Å². The molecular formula is C21H19N5O4S. The highest BCUT2D eigenvalue weighted by molar-refractivity contribution is 7.80. The summed E-state index contributed by atoms with van der Waals surface area (Å²) in [6.45, 7) is 0. The lowest BCUT2D eigenvalue weighted by Crippen LogP contribution is -2.34. The van der Waals surface area contributed by atoms with Gasteiger partial charge in [-0.3, -0.25) is 20.2 Å². The van der Waals surface area contributed by atoms with Gasteiger partial charge in [-0.15, -0.1) is 0 Å². The Morgan fingerprint density at radius 2 is 1.65 bits per heavy atom. The average molecular weight is 437 g/mol. The highest BCUT2D eigenvalue weighted by Crippen LogP contribution is 2.44. The highest BCUT2D eigenvalue weighted by Gasteiger charge is 2.42. The van der Waals surface area contributed by atoms with E-state index in [-0.39, 0.29) is 28.4 Å². The van der Waals surface area contributed by atoms with Crippen molar-refractivity contribution < 1.29 is 9.85 Å². The molecule has 2 aromatic rings. The van der Waals surface area contributed by atoms with E-state index in [0.717, 1.165) is 41.7 Å². The Labute approximate surface area is 183 Å². The number of hydrazone groups is 1. The standard InChI is InChI=1S/C21H19N5O4S/c22-21(31)24-20(14-6-10-17(11-7-14)26(29)30)18-3-1-2-15(19(18)23-24)12-13-4-8-16(9-5-13)25(27)28/h4-12,18,20H,1-3H2,(H2,22,31)/b15-12+/t18-,20-/m1/s1. The molecule has 2 aromatic carbocycles. The summed E-state index contributed by atoms with van der Waals surface area (Å²) in [5.74, 6) is 0.0426. The first kappa shape index (κ1) is 20.6. The van der Waals surface area contributed by atoms with Gasteiger partial charge in [-0.25, -0.2) is 5.01 Å². The molecule has 0 spiro atoms. The van der Waals surface area contributed by atoms with Crippen LogP contribution < -0.4 is 5.73 Å². The molecule has 0 bridgehead atoms. The van der Waals surface area contributed by atoms with Crippen LogP contribution in [0.4, 0.5) is 11.4 Å². The number of nitro groups is 2. The van der Waals surface area contributed by atoms with Crippen LogP contribution in [0, 0.1) is 26.1 Å². The van der Waals surface area contributed by atoms with Gasteiger partial charge in [-0.05, 0) is 66.4 Å². The summed E-state index contributed by atoms with van der Waals surface area (Å²) in [5, 5.41) is 28.4. The van der Waals surface area contributed by atoms with E-state index in [9.17, 15) is 20.2 Å². The fraction of sp³-hybridized carbons (Fsp3) is 0.238. The molecule has 9 nitrogen and oxygen atoms in total. The van der Waals surface area contributed by atoms with Crippen LogP contribution in [0.5, 0.6) is 0 Å². The van der Waals surface area contributed by atoms with Crippen molar-refractivity contribution in [3.8, 4) is 0 Å². The van der Waals surface area contributed by atoms with Crippen LogP contribution in [0.3, 0.4) is 0 Å². The molecule has 0 amide bonds. The van der Waals surface area contributed by atoms with Gasteiger partial charge in [-0.1, -0.05) is 12.1 Å². The van der Waals surface area contributed by atoms with E-state index < -0.39 is 9.85 Å². The molecule has 1 aliphatic carbocycles. The first-order valence-corrected chi connectivity index (χ1v) is 10.1. The van der Waals surface area contributed by atoms with Crippen molar-refractivity contribution in [1.82, 2.24) is 5.01 Å². The fourth-order valence-electron chi connectivity index (χ4n) is 4.20. The maximum atomic E-state index is 11.0. The molecule has 31 heavy (non-hydrogen) atoms. The third kappa shape index (κ3) is 4.02. The average Bonchev–Trinajstić information content (AvgIpc) is 3.15. The zero-order valence-corrected chi connectivity index (χ0v) is 17.2. The summed E-state index contributed by atoms with van der Waals surface area (Å²) < 4.78 is 0. The van der Waals surface area contributed by atoms with Gasteiger partial charge in [0, 0.05) is 30.2 Å². The van der Waals surface area contributed by atoms with Crippen molar-refractivity contribution in [3.05, 3.63) is 85.5 Å². The van der Waals surface area contributed by atoms with Gasteiger partial charge in [0.25, 0.3) is 11.4 Å². The largest absolute Gasteiger partial charge is 0.375 e. The third-order valence-corrected chi connectivity index (χ3v) is 5.80. The first-order chi connectivity index (χ1) is 14.8. The van der Waals surface area contributed by atoms with Crippen LogP contribution in [0.15, 0.2) is 59.2 Å². The van der Waals surface area contributed by atoms with E-state index >= 15 is 0 Å². The number of hydrogen-bond acceptors (Lipinski definition) is 6. The summed E-state index contributed by atoms with van der Waals surface area (Å²) in [6.07, 6.45) is 4.64. The van der Waals surface area contributed by atoms with Crippen molar-refractivity contribution in [2.24, 2.45) is 16.8 Å². The van der Waals surface area contributed by atoms with Crippen LogP contribution in [-0.4, -0.2) is 25.7 Å². The Kier molecular flexibility index (Phi) is 5.47. The summed E-state index contributed by atoms with van der Waals surface area (Å²) in [6, 6.07) is 12.5. The molecule has 0 radical (unpaired) electrons. The lowest BCUT2D eigenvalue weighted by Gasteiger charge is -2.29. The van der Waals surface area contributed by atoms with Gasteiger partial charge in [-0.2, -0.15) is 5.10 Å². The van der Waals surface area contributed by atoms with Crippen LogP contribution in [0.1, 0.15) is 36.4 Å². The minimum Gasteiger partial charge on any atom is -0.375 e. The third-order valence-electron chi connectivity index (χ3n) is 5.62. The van der Waals surface area contributed by atoms with Crippen molar-refractivity contribution in [2.45, 2.75) is 25.3 Å². The SMILES string of the molecule is NC(=S)N1N=C2/C(=C/c3ccc([N+](=O)[O-])cc3)CCC[C@H]2[C@H]1c1ccc([N+](=O)[O-])cc1. The lowest BCUT2D eigenvalue weighted by molar-refractivity contribution is -0.385. The molecule has 1 heterocycles. The van der Waals surface area contributed by atoms with Crippen molar-refractivity contribution in [2.75, 3.05) is 0 Å². The first-order valence-electron chi connectivity index (χ1n) is 9.72. The minimum atomic E-state index is -0.433. The number of allylic oxidation sites excluding steroid dienone is 1. The summed E-state index contributed by atoms with van der Waals surface area (Å²) in [5.41, 5.74) is 9.66. The number of fused-ring (bicyclic) bond motifs is 1. The molecule has 0 unspecified atom stereocenters. The Morgan fingerprint density at radius 1 is 1.06 bits per heavy atom. The zero-order chi connectivity index (χ0) is 22.1. The second kappa shape index (κ2) is 8.23. The number of nitrogens with two attached hydrogens (primary N) is 1. The number of nitrogens with zero attached hydrogens (tertiary/aromatic N) is 4. The van der Waals surface area contributed by atoms with Gasteiger partial charge in [0.05, 0.1) is 21.6 Å². The number of rotatable bonds is 4. The summed E-state index contributed by atoms with van der Waals surface area (Å²) >= 11 is 5.23. The molecule has 0 aromatic heterocycles. The van der Waals surface area contributed by atoms with Crippen LogP contribution in [0.2, 0.25) is 0 Å². The lowest BCUT2D eigenvalue weighted by atomic mass is 9.77. The second-order valence-corrected chi connectivity index (χ2v) is 7.90. The van der Waals surface area contributed by atoms with E-state index in [1.165, 1.54) is 24.3 Å². The highest BCUT2D eigenvalue weighted by atomic mass is 32.1. The van der Waals surface area contributed by atoms with Gasteiger partial charge in [0.15, 0.2) is 5.11 Å². The molecule has 2 atom stereocenters. The van der Waals surface area contributed by atoms with E-state index in [1.54, 1.807) is 29.3 Å². The van der Waals surface area contributed by atoms with E-state index in [4.69, 9.17) is 23.1 Å². The number of non-ortho nitro benzene ring substituents is 2. The molecule has 2 aliphatic rings. The van der Waals surface area contributed by atoms with Crippen molar-refractivity contribution >= 4 is 40.5 Å². The Morgan fingerprint density at radius 3 is 2.19 bits per heavy atom. The maximum Gasteiger partial charge on any atom is 0.269 e. The van der Waals surface area contributed by atoms with E-state index in [1.807, 2.05) is 6.08 Å². The minimum absolute atomic E-state index is 0.0205. The maximum absolute atomic E-state index is 11.0. The predicted molar refractivity (Wildman–Crippen MR) is 120 cm³/mol. The molecular weight excluding hydrogens is 418 g/mol. The molecule has 1 fully saturated rings. The van der Waals surface area contributed by atoms with Gasteiger partial charge in [0.2, 0.25) is 0 Å². The summed E-state index contributed by atoms with van der Waals surface area (Å²) in [7, 11) is 0. The zero-order valence-electron chi connectivity index (χ0n) is 16.4. The predicted octanol–water partition coefficient (Wildman–Crippen LogP) is 4.34. The van der Waals surface area contributed by atoms with Crippen molar-refractivity contribution in [3.63, 3.8) is 0 Å². The molecule has 4 rings (SSSR count). The molecule has 2 N–H and O–H groups in total. The molecule has 1 saturated carbocycles. The number of hydrogen-bond donors (Lipinski definition) is 1. The topological polar surface area (TPSA) is 128 Å². The van der Waals surface area contributed by atoms with E-state index in [2.05, 4.69) is 0 Å².